The maximum Gasteiger partial charge on any atom is 0.280 e. The highest BCUT2D eigenvalue weighted by molar-refractivity contribution is 5.96. The van der Waals surface area contributed by atoms with E-state index in [-0.39, 0.29) is 5.91 Å². The number of likely N-dealkylation sites (N-methyl/N-ethyl adjacent to an activating group) is 1. The summed E-state index contributed by atoms with van der Waals surface area (Å²) in [5.41, 5.74) is 2.12. The molecule has 0 bridgehead atoms. The molecule has 0 N–H and O–H groups in total. The van der Waals surface area contributed by atoms with E-state index in [2.05, 4.69) is 6.58 Å². The normalized spacial score (nSPS) is 11.4. The van der Waals surface area contributed by atoms with Gasteiger partial charge in [-0.25, -0.2) is 5.06 Å². The van der Waals surface area contributed by atoms with Gasteiger partial charge in [0.15, 0.2) is 0 Å². The molecule has 0 aromatic heterocycles. The van der Waals surface area contributed by atoms with Crippen LogP contribution in [-0.2, 0) is 14.4 Å². The number of allylic oxidation sites excluding steroid dienone is 2. The minimum atomic E-state index is -0.270. The van der Waals surface area contributed by atoms with E-state index in [0.29, 0.717) is 16.9 Å². The number of amides is 1. The fraction of sp³-hybridized carbons (Fsp3) is 0.462. The topological polar surface area (TPSA) is 38.8 Å². The number of carbonyl (C=O) groups excluding carboxylic acids is 1. The van der Waals surface area contributed by atoms with Gasteiger partial charge in [-0.1, -0.05) is 12.2 Å². The van der Waals surface area contributed by atoms with Crippen LogP contribution in [-0.4, -0.2) is 32.2 Å². The Labute approximate surface area is 103 Å². The monoisotopic (exact) mass is 239 g/mol. The first-order chi connectivity index (χ1) is 7.84. The lowest BCUT2D eigenvalue weighted by atomic mass is 10.1. The smallest absolute Gasteiger partial charge is 0.280 e. The first-order valence-corrected chi connectivity index (χ1v) is 5.26. The molecule has 0 aliphatic rings. The molecule has 0 aromatic carbocycles. The summed E-state index contributed by atoms with van der Waals surface area (Å²) in [6.07, 6.45) is 1.76. The number of nitrogens with zero attached hydrogens (tertiary/aromatic N) is 1. The van der Waals surface area contributed by atoms with Gasteiger partial charge in [-0.05, 0) is 32.4 Å². The van der Waals surface area contributed by atoms with E-state index < -0.39 is 0 Å². The van der Waals surface area contributed by atoms with E-state index in [1.807, 2.05) is 13.8 Å². The van der Waals surface area contributed by atoms with Gasteiger partial charge >= 0.3 is 0 Å². The lowest BCUT2D eigenvalue weighted by molar-refractivity contribution is -0.163. The number of methoxy groups -OCH3 is 1. The molecular formula is C13H21NO3. The predicted molar refractivity (Wildman–Crippen MR) is 68.1 cm³/mol. The zero-order valence-electron chi connectivity index (χ0n) is 11.5. The lowest BCUT2D eigenvalue weighted by Crippen LogP contribution is -2.27. The Morgan fingerprint density at radius 2 is 1.76 bits per heavy atom. The zero-order valence-corrected chi connectivity index (χ0v) is 11.5. The minimum Gasteiger partial charge on any atom is -0.496 e. The number of rotatable bonds is 5. The highest BCUT2D eigenvalue weighted by Gasteiger charge is 2.18. The van der Waals surface area contributed by atoms with Crippen LogP contribution in [0, 0.1) is 0 Å². The number of hydrogen-bond acceptors (Lipinski definition) is 3. The first-order valence-electron chi connectivity index (χ1n) is 5.26. The van der Waals surface area contributed by atoms with Gasteiger partial charge in [-0.2, -0.15) is 0 Å². The molecule has 0 radical (unpaired) electrons. The molecule has 0 unspecified atom stereocenters. The van der Waals surface area contributed by atoms with Crippen molar-refractivity contribution in [3.05, 3.63) is 35.1 Å². The van der Waals surface area contributed by atoms with Crippen LogP contribution in [0.3, 0.4) is 0 Å². The lowest BCUT2D eigenvalue weighted by Gasteiger charge is -2.17. The van der Waals surface area contributed by atoms with Crippen LogP contribution in [0.1, 0.15) is 20.8 Å². The van der Waals surface area contributed by atoms with Crippen molar-refractivity contribution in [3.63, 3.8) is 0 Å². The van der Waals surface area contributed by atoms with Gasteiger partial charge in [0.05, 0.1) is 19.8 Å². The van der Waals surface area contributed by atoms with E-state index in [4.69, 9.17) is 9.57 Å². The number of hydrogen-bond donors (Lipinski definition) is 0. The molecule has 17 heavy (non-hydrogen) atoms. The molecule has 0 atom stereocenters. The SMILES string of the molecule is C=C(C)/C(OC)=C(\C=C(C)C)C(=O)N(C)OC. The third-order valence-corrected chi connectivity index (χ3v) is 2.06. The second-order valence-electron chi connectivity index (χ2n) is 3.93. The van der Waals surface area contributed by atoms with Crippen molar-refractivity contribution in [2.45, 2.75) is 20.8 Å². The summed E-state index contributed by atoms with van der Waals surface area (Å²) < 4.78 is 5.22. The van der Waals surface area contributed by atoms with Crippen molar-refractivity contribution >= 4 is 5.91 Å². The predicted octanol–water partition coefficient (Wildman–Crippen LogP) is 2.45. The van der Waals surface area contributed by atoms with Crippen LogP contribution >= 0.6 is 0 Å². The second-order valence-corrected chi connectivity index (χ2v) is 3.93. The quantitative estimate of drug-likeness (QED) is 0.320. The molecule has 0 spiro atoms. The van der Waals surface area contributed by atoms with Crippen LogP contribution in [0.5, 0.6) is 0 Å². The van der Waals surface area contributed by atoms with Gasteiger partial charge < -0.3 is 4.74 Å². The highest BCUT2D eigenvalue weighted by Crippen LogP contribution is 2.18. The van der Waals surface area contributed by atoms with E-state index in [0.717, 1.165) is 10.6 Å². The van der Waals surface area contributed by atoms with E-state index in [9.17, 15) is 4.79 Å². The van der Waals surface area contributed by atoms with Crippen molar-refractivity contribution < 1.29 is 14.4 Å². The van der Waals surface area contributed by atoms with Gasteiger partial charge in [0.1, 0.15) is 5.76 Å². The van der Waals surface area contributed by atoms with Crippen molar-refractivity contribution in [3.8, 4) is 0 Å². The molecular weight excluding hydrogens is 218 g/mol. The molecule has 0 saturated heterocycles. The zero-order chi connectivity index (χ0) is 13.6. The largest absolute Gasteiger partial charge is 0.496 e. The molecule has 96 valence electrons. The Balaban J connectivity index is 5.64. The second kappa shape index (κ2) is 6.91. The molecule has 0 rings (SSSR count). The summed E-state index contributed by atoms with van der Waals surface area (Å²) >= 11 is 0. The molecule has 0 heterocycles. The Morgan fingerprint density at radius 1 is 1.24 bits per heavy atom. The summed E-state index contributed by atoms with van der Waals surface area (Å²) in [5.74, 6) is 0.202. The van der Waals surface area contributed by atoms with Gasteiger partial charge in [-0.3, -0.25) is 9.63 Å². The molecule has 0 fully saturated rings. The van der Waals surface area contributed by atoms with Crippen LogP contribution in [0.2, 0.25) is 0 Å². The van der Waals surface area contributed by atoms with Crippen LogP contribution in [0.15, 0.2) is 35.1 Å². The van der Waals surface area contributed by atoms with Gasteiger partial charge in [-0.15, -0.1) is 0 Å². The third-order valence-electron chi connectivity index (χ3n) is 2.06. The van der Waals surface area contributed by atoms with Gasteiger partial charge in [0, 0.05) is 7.05 Å². The fourth-order valence-electron chi connectivity index (χ4n) is 1.28. The number of hydroxylamine groups is 2. The average Bonchev–Trinajstić information content (AvgIpc) is 2.25. The Bertz CT molecular complexity index is 363. The van der Waals surface area contributed by atoms with Crippen molar-refractivity contribution in [2.24, 2.45) is 0 Å². The highest BCUT2D eigenvalue weighted by atomic mass is 16.7. The van der Waals surface area contributed by atoms with Crippen LogP contribution < -0.4 is 0 Å². The number of ether oxygens (including phenoxy) is 1. The summed E-state index contributed by atoms with van der Waals surface area (Å²) in [7, 11) is 4.50. The molecule has 0 aliphatic heterocycles. The summed E-state index contributed by atoms with van der Waals surface area (Å²) in [5, 5.41) is 1.15. The number of carbonyl (C=O) groups is 1. The third kappa shape index (κ3) is 4.44. The van der Waals surface area contributed by atoms with Gasteiger partial charge in [0.25, 0.3) is 5.91 Å². The Hall–Kier alpha value is -1.55. The molecule has 4 nitrogen and oxygen atoms in total. The molecule has 0 saturated carbocycles. The summed E-state index contributed by atoms with van der Waals surface area (Å²) in [6.45, 7) is 9.40. The molecule has 0 aliphatic carbocycles. The van der Waals surface area contributed by atoms with Gasteiger partial charge in [0.2, 0.25) is 0 Å². The Kier molecular flexibility index (Phi) is 6.28. The van der Waals surface area contributed by atoms with Crippen molar-refractivity contribution in [2.75, 3.05) is 21.3 Å². The van der Waals surface area contributed by atoms with Crippen LogP contribution in [0.25, 0.3) is 0 Å². The molecule has 0 aromatic rings. The minimum absolute atomic E-state index is 0.270. The molecule has 1 amide bonds. The Morgan fingerprint density at radius 3 is 2.06 bits per heavy atom. The van der Waals surface area contributed by atoms with Crippen molar-refractivity contribution in [1.82, 2.24) is 5.06 Å². The fourth-order valence-corrected chi connectivity index (χ4v) is 1.28. The van der Waals surface area contributed by atoms with E-state index >= 15 is 0 Å². The van der Waals surface area contributed by atoms with Crippen LogP contribution in [0.4, 0.5) is 0 Å². The first kappa shape index (κ1) is 15.4. The average molecular weight is 239 g/mol. The van der Waals surface area contributed by atoms with Crippen molar-refractivity contribution in [1.29, 1.82) is 0 Å². The maximum absolute atomic E-state index is 12.1. The van der Waals surface area contributed by atoms with E-state index in [1.165, 1.54) is 14.2 Å². The maximum atomic E-state index is 12.1. The summed E-state index contributed by atoms with van der Waals surface area (Å²) in [6, 6.07) is 0. The summed E-state index contributed by atoms with van der Waals surface area (Å²) in [4.78, 5) is 17.0. The molecule has 4 heteroatoms. The van der Waals surface area contributed by atoms with E-state index in [1.54, 1.807) is 20.0 Å². The standard InChI is InChI=1S/C13H21NO3/c1-9(2)8-11(12(16-6)10(3)4)13(15)14(5)17-7/h8H,3H2,1-2,4-7H3/b12-11-.